The molecule has 1 amide bonds. The third-order valence-electron chi connectivity index (χ3n) is 4.04. The lowest BCUT2D eigenvalue weighted by Crippen LogP contribution is -2.50. The second-order valence-electron chi connectivity index (χ2n) is 6.69. The molecular weight excluding hydrogens is 290 g/mol. The van der Waals surface area contributed by atoms with Crippen LogP contribution in [0, 0.1) is 11.6 Å². The number of aromatic hydroxyl groups is 1. The van der Waals surface area contributed by atoms with E-state index in [1.54, 1.807) is 0 Å². The molecule has 0 unspecified atom stereocenters. The van der Waals surface area contributed by atoms with Gasteiger partial charge in [0.2, 0.25) is 0 Å². The van der Waals surface area contributed by atoms with Gasteiger partial charge in [-0.05, 0) is 33.6 Å². The smallest absolute Gasteiger partial charge is 0.258 e. The van der Waals surface area contributed by atoms with E-state index in [2.05, 4.69) is 31.0 Å². The molecule has 4 nitrogen and oxygen atoms in total. The van der Waals surface area contributed by atoms with Gasteiger partial charge < -0.3 is 10.4 Å². The predicted octanol–water partition coefficient (Wildman–Crippen LogP) is 2.66. The monoisotopic (exact) mass is 312 g/mol. The van der Waals surface area contributed by atoms with Crippen LogP contribution >= 0.6 is 0 Å². The molecule has 6 heteroatoms. The van der Waals surface area contributed by atoms with Crippen molar-refractivity contribution < 1.29 is 18.7 Å². The van der Waals surface area contributed by atoms with Crippen LogP contribution in [0.4, 0.5) is 8.78 Å². The fourth-order valence-corrected chi connectivity index (χ4v) is 2.74. The van der Waals surface area contributed by atoms with Crippen molar-refractivity contribution in [2.45, 2.75) is 45.2 Å². The number of nitrogens with one attached hydrogen (secondary N) is 1. The standard InChI is InChI=1S/C16H22F2N2O2/c1-16(2,3)20-6-4-11(5-7-20)19-15(22)14-12(18)8-10(17)9-13(14)21/h8-9,11,21H,4-7H2,1-3H3,(H,19,22). The van der Waals surface area contributed by atoms with Crippen LogP contribution in [0.1, 0.15) is 44.0 Å². The molecule has 1 fully saturated rings. The van der Waals surface area contributed by atoms with E-state index in [1.807, 2.05) is 0 Å². The van der Waals surface area contributed by atoms with Crippen LogP contribution in [0.15, 0.2) is 12.1 Å². The average molecular weight is 312 g/mol. The molecule has 0 spiro atoms. The van der Waals surface area contributed by atoms with E-state index < -0.39 is 28.9 Å². The van der Waals surface area contributed by atoms with E-state index in [0.717, 1.165) is 32.0 Å². The molecule has 0 radical (unpaired) electrons. The summed E-state index contributed by atoms with van der Waals surface area (Å²) in [5.74, 6) is -3.35. The Balaban J connectivity index is 2.00. The Labute approximate surface area is 129 Å². The first-order valence-electron chi connectivity index (χ1n) is 7.42. The van der Waals surface area contributed by atoms with E-state index in [4.69, 9.17) is 0 Å². The predicted molar refractivity (Wildman–Crippen MR) is 79.8 cm³/mol. The fourth-order valence-electron chi connectivity index (χ4n) is 2.74. The van der Waals surface area contributed by atoms with Crippen molar-refractivity contribution in [2.75, 3.05) is 13.1 Å². The molecule has 0 bridgehead atoms. The zero-order valence-electron chi connectivity index (χ0n) is 13.1. The summed E-state index contributed by atoms with van der Waals surface area (Å²) in [5, 5.41) is 12.3. The summed E-state index contributed by atoms with van der Waals surface area (Å²) in [4.78, 5) is 14.4. The number of hydrogen-bond acceptors (Lipinski definition) is 3. The van der Waals surface area contributed by atoms with E-state index in [-0.39, 0.29) is 11.6 Å². The van der Waals surface area contributed by atoms with Gasteiger partial charge in [0.05, 0.1) is 0 Å². The zero-order valence-corrected chi connectivity index (χ0v) is 13.1. The highest BCUT2D eigenvalue weighted by molar-refractivity contribution is 5.97. The van der Waals surface area contributed by atoms with Crippen LogP contribution in [-0.2, 0) is 0 Å². The van der Waals surface area contributed by atoms with Gasteiger partial charge in [0.15, 0.2) is 0 Å². The molecule has 2 N–H and O–H groups in total. The third-order valence-corrected chi connectivity index (χ3v) is 4.04. The lowest BCUT2D eigenvalue weighted by Gasteiger charge is -2.41. The molecule has 2 rings (SSSR count). The first kappa shape index (κ1) is 16.7. The highest BCUT2D eigenvalue weighted by atomic mass is 19.1. The number of carbonyl (C=O) groups excluding carboxylic acids is 1. The summed E-state index contributed by atoms with van der Waals surface area (Å²) in [7, 11) is 0. The molecule has 1 aliphatic heterocycles. The topological polar surface area (TPSA) is 52.6 Å². The van der Waals surface area contributed by atoms with Crippen molar-refractivity contribution in [3.05, 3.63) is 29.3 Å². The van der Waals surface area contributed by atoms with Gasteiger partial charge in [-0.25, -0.2) is 8.78 Å². The number of benzene rings is 1. The Morgan fingerprint density at radius 2 is 1.86 bits per heavy atom. The SMILES string of the molecule is CC(C)(C)N1CCC(NC(=O)c2c(O)cc(F)cc2F)CC1. The van der Waals surface area contributed by atoms with Gasteiger partial charge in [0.1, 0.15) is 22.9 Å². The van der Waals surface area contributed by atoms with Crippen molar-refractivity contribution >= 4 is 5.91 Å². The number of rotatable bonds is 2. The lowest BCUT2D eigenvalue weighted by atomic mass is 9.98. The minimum absolute atomic E-state index is 0.0741. The van der Waals surface area contributed by atoms with Crippen LogP contribution in [-0.4, -0.2) is 40.6 Å². The molecule has 1 saturated heterocycles. The first-order valence-corrected chi connectivity index (χ1v) is 7.42. The number of nitrogens with zero attached hydrogens (tertiary/aromatic N) is 1. The summed E-state index contributed by atoms with van der Waals surface area (Å²) >= 11 is 0. The summed E-state index contributed by atoms with van der Waals surface area (Å²) in [6, 6.07) is 1.26. The van der Waals surface area contributed by atoms with E-state index in [1.165, 1.54) is 0 Å². The van der Waals surface area contributed by atoms with Crippen LogP contribution in [0.3, 0.4) is 0 Å². The van der Waals surface area contributed by atoms with Crippen LogP contribution in [0.2, 0.25) is 0 Å². The Bertz CT molecular complexity index is 539. The van der Waals surface area contributed by atoms with E-state index >= 15 is 0 Å². The van der Waals surface area contributed by atoms with Crippen molar-refractivity contribution in [2.24, 2.45) is 0 Å². The van der Waals surface area contributed by atoms with Gasteiger partial charge >= 0.3 is 0 Å². The number of piperidine rings is 1. The van der Waals surface area contributed by atoms with Crippen LogP contribution < -0.4 is 5.32 Å². The Morgan fingerprint density at radius 1 is 1.27 bits per heavy atom. The quantitative estimate of drug-likeness (QED) is 0.883. The highest BCUT2D eigenvalue weighted by Crippen LogP contribution is 2.24. The number of amides is 1. The maximum absolute atomic E-state index is 13.7. The molecular formula is C16H22F2N2O2. The maximum atomic E-state index is 13.7. The summed E-state index contributed by atoms with van der Waals surface area (Å²) in [5.41, 5.74) is -0.421. The Hall–Kier alpha value is -1.69. The number of carbonyl (C=O) groups is 1. The van der Waals surface area contributed by atoms with Crippen LogP contribution in [0.5, 0.6) is 5.75 Å². The Morgan fingerprint density at radius 3 is 2.36 bits per heavy atom. The van der Waals surface area contributed by atoms with Crippen molar-refractivity contribution in [3.8, 4) is 5.75 Å². The molecule has 122 valence electrons. The second kappa shape index (κ2) is 6.20. The summed E-state index contributed by atoms with van der Waals surface area (Å²) in [6.45, 7) is 8.09. The molecule has 1 aliphatic rings. The maximum Gasteiger partial charge on any atom is 0.258 e. The largest absolute Gasteiger partial charge is 0.507 e. The van der Waals surface area contributed by atoms with Gasteiger partial charge in [-0.1, -0.05) is 0 Å². The Kier molecular flexibility index (Phi) is 4.70. The minimum atomic E-state index is -1.05. The van der Waals surface area contributed by atoms with Crippen molar-refractivity contribution in [1.82, 2.24) is 10.2 Å². The van der Waals surface area contributed by atoms with Gasteiger partial charge in [-0.15, -0.1) is 0 Å². The number of hydrogen-bond donors (Lipinski definition) is 2. The summed E-state index contributed by atoms with van der Waals surface area (Å²) in [6.07, 6.45) is 1.51. The number of halogens is 2. The normalized spacial score (nSPS) is 17.5. The fraction of sp³-hybridized carbons (Fsp3) is 0.562. The zero-order chi connectivity index (χ0) is 16.5. The van der Waals surface area contributed by atoms with Gasteiger partial charge in [-0.3, -0.25) is 9.69 Å². The summed E-state index contributed by atoms with van der Waals surface area (Å²) < 4.78 is 26.6. The molecule has 1 aromatic carbocycles. The first-order chi connectivity index (χ1) is 10.2. The molecule has 0 aromatic heterocycles. The molecule has 1 heterocycles. The average Bonchev–Trinajstić information content (AvgIpc) is 2.36. The minimum Gasteiger partial charge on any atom is -0.507 e. The number of phenols is 1. The van der Waals surface area contributed by atoms with Gasteiger partial charge in [-0.2, -0.15) is 0 Å². The van der Waals surface area contributed by atoms with Gasteiger partial charge in [0, 0.05) is 36.8 Å². The second-order valence-corrected chi connectivity index (χ2v) is 6.69. The van der Waals surface area contributed by atoms with Crippen molar-refractivity contribution in [3.63, 3.8) is 0 Å². The lowest BCUT2D eigenvalue weighted by molar-refractivity contribution is 0.0808. The molecule has 0 atom stereocenters. The molecule has 22 heavy (non-hydrogen) atoms. The van der Waals surface area contributed by atoms with Crippen LogP contribution in [0.25, 0.3) is 0 Å². The molecule has 0 aliphatic carbocycles. The molecule has 0 saturated carbocycles. The third kappa shape index (κ3) is 3.74. The van der Waals surface area contributed by atoms with Gasteiger partial charge in [0.25, 0.3) is 5.91 Å². The van der Waals surface area contributed by atoms with E-state index in [0.29, 0.717) is 6.07 Å². The number of likely N-dealkylation sites (tertiary alicyclic amines) is 1. The van der Waals surface area contributed by atoms with E-state index in [9.17, 15) is 18.7 Å². The number of phenolic OH excluding ortho intramolecular Hbond substituents is 1. The molecule has 1 aromatic rings. The highest BCUT2D eigenvalue weighted by Gasteiger charge is 2.28. The van der Waals surface area contributed by atoms with Crippen molar-refractivity contribution in [1.29, 1.82) is 0 Å².